The van der Waals surface area contributed by atoms with Crippen molar-refractivity contribution < 1.29 is 19.2 Å². The number of amides is 2. The highest BCUT2D eigenvalue weighted by Crippen LogP contribution is 2.31. The molecule has 0 unspecified atom stereocenters. The van der Waals surface area contributed by atoms with Gasteiger partial charge in [0.25, 0.3) is 11.6 Å². The number of nitro benzene ring substituents is 1. The van der Waals surface area contributed by atoms with Crippen LogP contribution in [0.4, 0.5) is 17.1 Å². The molecule has 0 aliphatic carbocycles. The van der Waals surface area contributed by atoms with E-state index in [-0.39, 0.29) is 30.4 Å². The maximum atomic E-state index is 12.2. The van der Waals surface area contributed by atoms with E-state index in [0.717, 1.165) is 0 Å². The second kappa shape index (κ2) is 6.37. The summed E-state index contributed by atoms with van der Waals surface area (Å²) in [5.41, 5.74) is 0.368. The van der Waals surface area contributed by atoms with Crippen LogP contribution in [0.3, 0.4) is 0 Å². The van der Waals surface area contributed by atoms with Gasteiger partial charge >= 0.3 is 0 Å². The van der Waals surface area contributed by atoms with Crippen molar-refractivity contribution >= 4 is 28.9 Å². The van der Waals surface area contributed by atoms with E-state index in [2.05, 4.69) is 5.32 Å². The molecule has 0 aromatic heterocycles. The summed E-state index contributed by atoms with van der Waals surface area (Å²) in [6.45, 7) is -0.416. The summed E-state index contributed by atoms with van der Waals surface area (Å²) in [7, 11) is 0. The average Bonchev–Trinajstić information content (AvgIpc) is 2.58. The first-order chi connectivity index (χ1) is 11.6. The van der Waals surface area contributed by atoms with Gasteiger partial charge in [0.1, 0.15) is 18.0 Å². The Morgan fingerprint density at radius 3 is 2.71 bits per heavy atom. The van der Waals surface area contributed by atoms with Gasteiger partial charge in [-0.1, -0.05) is 24.3 Å². The molecule has 1 heterocycles. The Kier molecular flexibility index (Phi) is 4.11. The summed E-state index contributed by atoms with van der Waals surface area (Å²) in [5.74, 6) is -0.378. The predicted molar refractivity (Wildman–Crippen MR) is 86.0 cm³/mol. The molecule has 1 N–H and O–H groups in total. The molecule has 0 saturated heterocycles. The van der Waals surface area contributed by atoms with Gasteiger partial charge in [-0.15, -0.1) is 0 Å². The highest BCUT2D eigenvalue weighted by atomic mass is 16.6. The molecule has 2 aromatic rings. The Hall–Kier alpha value is -3.42. The first-order valence-corrected chi connectivity index (χ1v) is 7.12. The van der Waals surface area contributed by atoms with Crippen LogP contribution in [0.25, 0.3) is 0 Å². The summed E-state index contributed by atoms with van der Waals surface area (Å²) in [6.07, 6.45) is 0. The van der Waals surface area contributed by atoms with Crippen molar-refractivity contribution in [3.8, 4) is 5.75 Å². The van der Waals surface area contributed by atoms with E-state index in [1.54, 1.807) is 30.3 Å². The van der Waals surface area contributed by atoms with Gasteiger partial charge < -0.3 is 10.1 Å². The number of carbonyl (C=O) groups is 2. The molecule has 8 nitrogen and oxygen atoms in total. The zero-order valence-corrected chi connectivity index (χ0v) is 12.5. The van der Waals surface area contributed by atoms with E-state index in [9.17, 15) is 19.7 Å². The number of para-hydroxylation sites is 4. The molecule has 1 aliphatic rings. The third-order valence-corrected chi connectivity index (χ3v) is 3.48. The molecule has 2 amide bonds. The molecule has 0 bridgehead atoms. The first kappa shape index (κ1) is 15.5. The van der Waals surface area contributed by atoms with E-state index >= 15 is 0 Å². The Balaban J connectivity index is 1.79. The van der Waals surface area contributed by atoms with E-state index in [1.165, 1.54) is 23.1 Å². The molecule has 8 heteroatoms. The van der Waals surface area contributed by atoms with Gasteiger partial charge in [0, 0.05) is 6.07 Å². The third-order valence-electron chi connectivity index (χ3n) is 3.48. The lowest BCUT2D eigenvalue weighted by molar-refractivity contribution is -0.383. The molecule has 0 fully saturated rings. The standard InChI is InChI=1S/C16H13N3O5/c20-15(17-11-5-1-2-6-12(11)19(22)23)9-18-13-7-3-4-8-14(13)24-10-16(18)21/h1-8H,9-10H2,(H,17,20). The van der Waals surface area contributed by atoms with Crippen molar-refractivity contribution in [3.63, 3.8) is 0 Å². The van der Waals surface area contributed by atoms with Crippen molar-refractivity contribution in [3.05, 3.63) is 58.6 Å². The average molecular weight is 327 g/mol. The topological polar surface area (TPSA) is 102 Å². The first-order valence-electron chi connectivity index (χ1n) is 7.12. The number of nitro groups is 1. The molecular formula is C16H13N3O5. The van der Waals surface area contributed by atoms with E-state index < -0.39 is 10.8 Å². The molecule has 2 aromatic carbocycles. The lowest BCUT2D eigenvalue weighted by Gasteiger charge is -2.28. The van der Waals surface area contributed by atoms with Crippen LogP contribution >= 0.6 is 0 Å². The quantitative estimate of drug-likeness (QED) is 0.683. The SMILES string of the molecule is O=C(CN1C(=O)COc2ccccc21)Nc1ccccc1[N+](=O)[O-]. The number of nitrogens with zero attached hydrogens (tertiary/aromatic N) is 2. The van der Waals surface area contributed by atoms with Crippen LogP contribution in [0.5, 0.6) is 5.75 Å². The van der Waals surface area contributed by atoms with Crippen LogP contribution in [-0.4, -0.2) is 29.9 Å². The summed E-state index contributed by atoms with van der Waals surface area (Å²) >= 11 is 0. The van der Waals surface area contributed by atoms with Crippen molar-refractivity contribution in [1.82, 2.24) is 0 Å². The van der Waals surface area contributed by atoms with E-state index in [0.29, 0.717) is 11.4 Å². The van der Waals surface area contributed by atoms with Crippen molar-refractivity contribution in [2.75, 3.05) is 23.4 Å². The van der Waals surface area contributed by atoms with Crippen molar-refractivity contribution in [2.45, 2.75) is 0 Å². The molecule has 0 radical (unpaired) electrons. The van der Waals surface area contributed by atoms with Crippen molar-refractivity contribution in [2.24, 2.45) is 0 Å². The van der Waals surface area contributed by atoms with Crippen LogP contribution in [0.2, 0.25) is 0 Å². The lowest BCUT2D eigenvalue weighted by Crippen LogP contribution is -2.43. The largest absolute Gasteiger partial charge is 0.482 e. The molecule has 0 atom stereocenters. The highest BCUT2D eigenvalue weighted by molar-refractivity contribution is 6.05. The minimum absolute atomic E-state index is 0.0847. The Morgan fingerprint density at radius 2 is 1.92 bits per heavy atom. The third kappa shape index (κ3) is 3.02. The lowest BCUT2D eigenvalue weighted by atomic mass is 10.2. The van der Waals surface area contributed by atoms with Crippen LogP contribution in [0.1, 0.15) is 0 Å². The molecule has 122 valence electrons. The second-order valence-corrected chi connectivity index (χ2v) is 5.06. The number of hydrogen-bond acceptors (Lipinski definition) is 5. The number of nitrogens with one attached hydrogen (secondary N) is 1. The van der Waals surface area contributed by atoms with Gasteiger partial charge in [0.2, 0.25) is 5.91 Å². The number of carbonyl (C=O) groups excluding carboxylic acids is 2. The molecular weight excluding hydrogens is 314 g/mol. The molecule has 1 aliphatic heterocycles. The molecule has 0 spiro atoms. The molecule has 24 heavy (non-hydrogen) atoms. The molecule has 3 rings (SSSR count). The predicted octanol–water partition coefficient (Wildman–Crippen LogP) is 1.96. The fourth-order valence-corrected chi connectivity index (χ4v) is 2.40. The van der Waals surface area contributed by atoms with Crippen LogP contribution in [0, 0.1) is 10.1 Å². The van der Waals surface area contributed by atoms with Crippen LogP contribution in [0.15, 0.2) is 48.5 Å². The van der Waals surface area contributed by atoms with E-state index in [1.807, 2.05) is 0 Å². The maximum Gasteiger partial charge on any atom is 0.292 e. The fourth-order valence-electron chi connectivity index (χ4n) is 2.40. The zero-order chi connectivity index (χ0) is 17.1. The monoisotopic (exact) mass is 327 g/mol. The summed E-state index contributed by atoms with van der Waals surface area (Å²) in [6, 6.07) is 12.7. The minimum atomic E-state index is -0.579. The van der Waals surface area contributed by atoms with Gasteiger partial charge in [0.05, 0.1) is 10.6 Å². The normalized spacial score (nSPS) is 13.0. The summed E-state index contributed by atoms with van der Waals surface area (Å²) in [5, 5.41) is 13.5. The maximum absolute atomic E-state index is 12.2. The minimum Gasteiger partial charge on any atom is -0.482 e. The highest BCUT2D eigenvalue weighted by Gasteiger charge is 2.27. The van der Waals surface area contributed by atoms with Crippen molar-refractivity contribution in [1.29, 1.82) is 0 Å². The molecule has 0 saturated carbocycles. The van der Waals surface area contributed by atoms with Gasteiger partial charge in [-0.2, -0.15) is 0 Å². The van der Waals surface area contributed by atoms with Gasteiger partial charge in [-0.3, -0.25) is 24.6 Å². The second-order valence-electron chi connectivity index (χ2n) is 5.06. The summed E-state index contributed by atoms with van der Waals surface area (Å²) < 4.78 is 5.30. The number of rotatable bonds is 4. The van der Waals surface area contributed by atoms with Crippen LogP contribution in [-0.2, 0) is 9.59 Å². The Bertz CT molecular complexity index is 821. The van der Waals surface area contributed by atoms with Crippen LogP contribution < -0.4 is 15.0 Å². The van der Waals surface area contributed by atoms with Gasteiger partial charge in [-0.05, 0) is 18.2 Å². The Labute approximate surface area is 136 Å². The smallest absolute Gasteiger partial charge is 0.292 e. The number of hydrogen-bond donors (Lipinski definition) is 1. The zero-order valence-electron chi connectivity index (χ0n) is 12.5. The fraction of sp³-hybridized carbons (Fsp3) is 0.125. The summed E-state index contributed by atoms with van der Waals surface area (Å²) in [4.78, 5) is 36.0. The number of anilines is 2. The van der Waals surface area contributed by atoms with E-state index in [4.69, 9.17) is 4.74 Å². The van der Waals surface area contributed by atoms with Gasteiger partial charge in [-0.25, -0.2) is 0 Å². The number of fused-ring (bicyclic) bond motifs is 1. The number of benzene rings is 2. The Morgan fingerprint density at radius 1 is 1.21 bits per heavy atom. The van der Waals surface area contributed by atoms with Gasteiger partial charge in [0.15, 0.2) is 6.61 Å². The number of ether oxygens (including phenoxy) is 1.